The van der Waals surface area contributed by atoms with Gasteiger partial charge in [0.05, 0.1) is 17.3 Å². The first-order chi connectivity index (χ1) is 14.4. The van der Waals surface area contributed by atoms with Crippen LogP contribution in [0, 0.1) is 20.8 Å². The maximum atomic E-state index is 13.4. The molecule has 5 rings (SSSR count). The number of anilines is 1. The first-order valence-corrected chi connectivity index (χ1v) is 9.84. The molecule has 3 heterocycles. The minimum atomic E-state index is -0.604. The number of ketones is 1. The highest BCUT2D eigenvalue weighted by Crippen LogP contribution is 2.40. The summed E-state index contributed by atoms with van der Waals surface area (Å²) in [6, 6.07) is 11.1. The van der Waals surface area contributed by atoms with Crippen molar-refractivity contribution in [2.75, 3.05) is 12.1 Å². The van der Waals surface area contributed by atoms with E-state index in [4.69, 9.17) is 9.47 Å². The standard InChI is InChI=1S/C23H21N3O4/c1-12-5-4-6-17(13(12)2)26-23-21(14(3)25-26)16(10-20(27)24-23)22(28)15-7-8-18-19(9-15)30-11-29-18/h4-9,16H,10-11H2,1-3H3,(H,24,27)/t16-/m1/s1. The number of rotatable bonds is 3. The average molecular weight is 403 g/mol. The Hall–Kier alpha value is -3.61. The Bertz CT molecular complexity index is 1210. The summed E-state index contributed by atoms with van der Waals surface area (Å²) in [6.07, 6.45) is 0.0829. The fourth-order valence-corrected chi connectivity index (χ4v) is 4.16. The molecule has 0 aliphatic carbocycles. The lowest BCUT2D eigenvalue weighted by atomic mass is 9.85. The van der Waals surface area contributed by atoms with Gasteiger partial charge in [0.1, 0.15) is 5.82 Å². The van der Waals surface area contributed by atoms with Gasteiger partial charge >= 0.3 is 0 Å². The normalized spacial score (nSPS) is 16.9. The lowest BCUT2D eigenvalue weighted by Crippen LogP contribution is -2.28. The summed E-state index contributed by atoms with van der Waals surface area (Å²) >= 11 is 0. The Morgan fingerprint density at radius 3 is 2.77 bits per heavy atom. The van der Waals surface area contributed by atoms with Crippen molar-refractivity contribution in [3.8, 4) is 17.2 Å². The van der Waals surface area contributed by atoms with Crippen molar-refractivity contribution in [1.29, 1.82) is 0 Å². The predicted molar refractivity (Wildman–Crippen MR) is 111 cm³/mol. The van der Waals surface area contributed by atoms with Gasteiger partial charge in [-0.1, -0.05) is 12.1 Å². The largest absolute Gasteiger partial charge is 0.454 e. The number of fused-ring (bicyclic) bond motifs is 2. The number of benzene rings is 2. The van der Waals surface area contributed by atoms with E-state index in [1.54, 1.807) is 22.9 Å². The van der Waals surface area contributed by atoms with E-state index in [9.17, 15) is 9.59 Å². The Morgan fingerprint density at radius 1 is 1.13 bits per heavy atom. The van der Waals surface area contributed by atoms with Crippen molar-refractivity contribution >= 4 is 17.5 Å². The smallest absolute Gasteiger partial charge is 0.231 e. The van der Waals surface area contributed by atoms with Crippen LogP contribution in [0.4, 0.5) is 5.82 Å². The lowest BCUT2D eigenvalue weighted by Gasteiger charge is -2.23. The van der Waals surface area contributed by atoms with Crippen LogP contribution in [0.3, 0.4) is 0 Å². The molecule has 0 saturated carbocycles. The number of amides is 1. The number of hydrogen-bond acceptors (Lipinski definition) is 5. The van der Waals surface area contributed by atoms with Crippen LogP contribution in [-0.4, -0.2) is 28.3 Å². The third kappa shape index (κ3) is 2.77. The average Bonchev–Trinajstić information content (AvgIpc) is 3.33. The van der Waals surface area contributed by atoms with E-state index >= 15 is 0 Å². The van der Waals surface area contributed by atoms with Crippen LogP contribution in [0.2, 0.25) is 0 Å². The molecule has 0 unspecified atom stereocenters. The molecule has 1 aromatic heterocycles. The van der Waals surface area contributed by atoms with Gasteiger partial charge in [-0.05, 0) is 56.2 Å². The summed E-state index contributed by atoms with van der Waals surface area (Å²) in [6.45, 7) is 6.07. The van der Waals surface area contributed by atoms with Crippen LogP contribution < -0.4 is 14.8 Å². The molecule has 1 N–H and O–H groups in total. The number of nitrogens with zero attached hydrogens (tertiary/aromatic N) is 2. The van der Waals surface area contributed by atoms with Crippen molar-refractivity contribution in [2.24, 2.45) is 0 Å². The molecule has 2 aliphatic rings. The number of ether oxygens (including phenoxy) is 2. The summed E-state index contributed by atoms with van der Waals surface area (Å²) in [4.78, 5) is 26.0. The topological polar surface area (TPSA) is 82.5 Å². The summed E-state index contributed by atoms with van der Waals surface area (Å²) in [5, 5.41) is 7.63. The fourth-order valence-electron chi connectivity index (χ4n) is 4.16. The van der Waals surface area contributed by atoms with E-state index in [0.29, 0.717) is 22.9 Å². The number of carbonyl (C=O) groups is 2. The van der Waals surface area contributed by atoms with Gasteiger partial charge in [0.15, 0.2) is 17.3 Å². The van der Waals surface area contributed by atoms with Crippen molar-refractivity contribution in [3.63, 3.8) is 0 Å². The first kappa shape index (κ1) is 18.4. The van der Waals surface area contributed by atoms with Crippen LogP contribution in [0.25, 0.3) is 5.69 Å². The zero-order chi connectivity index (χ0) is 21.0. The molecular weight excluding hydrogens is 382 g/mol. The third-order valence-electron chi connectivity index (χ3n) is 5.88. The minimum Gasteiger partial charge on any atom is -0.454 e. The van der Waals surface area contributed by atoms with E-state index in [2.05, 4.69) is 10.4 Å². The summed E-state index contributed by atoms with van der Waals surface area (Å²) in [7, 11) is 0. The SMILES string of the molecule is Cc1cccc(-n2nc(C)c3c2NC(=O)C[C@H]3C(=O)c2ccc3c(c2)OCO3)c1C. The monoisotopic (exact) mass is 403 g/mol. The minimum absolute atomic E-state index is 0.0829. The predicted octanol–water partition coefficient (Wildman–Crippen LogP) is 3.83. The number of carbonyl (C=O) groups excluding carboxylic acids is 2. The van der Waals surface area contributed by atoms with Crippen molar-refractivity contribution in [2.45, 2.75) is 33.1 Å². The zero-order valence-electron chi connectivity index (χ0n) is 17.0. The first-order valence-electron chi connectivity index (χ1n) is 9.84. The van der Waals surface area contributed by atoms with Crippen LogP contribution in [-0.2, 0) is 4.79 Å². The molecule has 1 amide bonds. The third-order valence-corrected chi connectivity index (χ3v) is 5.88. The van der Waals surface area contributed by atoms with Gasteiger partial charge in [-0.15, -0.1) is 0 Å². The van der Waals surface area contributed by atoms with Gasteiger partial charge in [-0.2, -0.15) is 5.10 Å². The molecule has 0 saturated heterocycles. The van der Waals surface area contributed by atoms with Crippen molar-refractivity contribution in [1.82, 2.24) is 9.78 Å². The summed E-state index contributed by atoms with van der Waals surface area (Å²) in [5.41, 5.74) is 5.06. The van der Waals surface area contributed by atoms with Gasteiger partial charge in [0.2, 0.25) is 12.7 Å². The Morgan fingerprint density at radius 2 is 1.93 bits per heavy atom. The molecule has 2 aromatic carbocycles. The molecule has 30 heavy (non-hydrogen) atoms. The van der Waals surface area contributed by atoms with Crippen LogP contribution in [0.15, 0.2) is 36.4 Å². The van der Waals surface area contributed by atoms with Crippen molar-refractivity contribution in [3.05, 3.63) is 64.3 Å². The van der Waals surface area contributed by atoms with Crippen LogP contribution >= 0.6 is 0 Å². The number of aromatic nitrogens is 2. The molecule has 152 valence electrons. The van der Waals surface area contributed by atoms with Crippen LogP contribution in [0.5, 0.6) is 11.5 Å². The number of nitrogens with one attached hydrogen (secondary N) is 1. The lowest BCUT2D eigenvalue weighted by molar-refractivity contribution is -0.116. The highest BCUT2D eigenvalue weighted by atomic mass is 16.7. The van der Waals surface area contributed by atoms with E-state index in [1.165, 1.54) is 0 Å². The Kier molecular flexibility index (Phi) is 4.13. The zero-order valence-corrected chi connectivity index (χ0v) is 17.0. The van der Waals surface area contributed by atoms with Gasteiger partial charge in [0, 0.05) is 17.5 Å². The number of Topliss-reactive ketones (excluding diaryl/α,β-unsaturated/α-hetero) is 1. The Labute approximate surface area is 173 Å². The molecule has 7 nitrogen and oxygen atoms in total. The molecule has 0 bridgehead atoms. The fraction of sp³-hybridized carbons (Fsp3) is 0.261. The summed E-state index contributed by atoms with van der Waals surface area (Å²) < 4.78 is 12.5. The highest BCUT2D eigenvalue weighted by Gasteiger charge is 2.37. The molecule has 0 spiro atoms. The quantitative estimate of drug-likeness (QED) is 0.672. The van der Waals surface area contributed by atoms with E-state index < -0.39 is 5.92 Å². The van der Waals surface area contributed by atoms with Gasteiger partial charge in [-0.25, -0.2) is 4.68 Å². The molecule has 2 aliphatic heterocycles. The molecule has 1 atom stereocenters. The molecule has 3 aromatic rings. The molecular formula is C23H21N3O4. The molecule has 0 radical (unpaired) electrons. The maximum absolute atomic E-state index is 13.4. The number of hydrogen-bond donors (Lipinski definition) is 1. The summed E-state index contributed by atoms with van der Waals surface area (Å²) in [5.74, 6) is 0.794. The number of aryl methyl sites for hydroxylation is 2. The van der Waals surface area contributed by atoms with E-state index in [0.717, 1.165) is 28.1 Å². The van der Waals surface area contributed by atoms with E-state index in [1.807, 2.05) is 39.0 Å². The molecule has 7 heteroatoms. The van der Waals surface area contributed by atoms with Gasteiger partial charge in [-0.3, -0.25) is 9.59 Å². The van der Waals surface area contributed by atoms with Gasteiger partial charge < -0.3 is 14.8 Å². The second kappa shape index (κ2) is 6.73. The highest BCUT2D eigenvalue weighted by molar-refractivity contribution is 6.08. The molecule has 0 fully saturated rings. The van der Waals surface area contributed by atoms with Crippen LogP contribution in [0.1, 0.15) is 45.1 Å². The second-order valence-electron chi connectivity index (χ2n) is 7.72. The van der Waals surface area contributed by atoms with Gasteiger partial charge in [0.25, 0.3) is 0 Å². The maximum Gasteiger partial charge on any atom is 0.231 e. The Balaban J connectivity index is 1.61. The van der Waals surface area contributed by atoms with Crippen molar-refractivity contribution < 1.29 is 19.1 Å². The van der Waals surface area contributed by atoms with E-state index in [-0.39, 0.29) is 24.9 Å². The second-order valence-corrected chi connectivity index (χ2v) is 7.72.